The van der Waals surface area contributed by atoms with E-state index in [2.05, 4.69) is 10.6 Å². The highest BCUT2D eigenvalue weighted by atomic mass is 16.2. The van der Waals surface area contributed by atoms with Gasteiger partial charge in [-0.15, -0.1) is 0 Å². The van der Waals surface area contributed by atoms with Crippen LogP contribution in [0.25, 0.3) is 0 Å². The number of carbonyl (C=O) groups excluding carboxylic acids is 2. The van der Waals surface area contributed by atoms with Crippen molar-refractivity contribution in [2.75, 3.05) is 10.6 Å². The molecule has 0 heterocycles. The number of para-hydroxylation sites is 2. The summed E-state index contributed by atoms with van der Waals surface area (Å²) in [4.78, 5) is 23.8. The molecule has 0 aliphatic rings. The largest absolute Gasteiger partial charge is 0.325 e. The van der Waals surface area contributed by atoms with Gasteiger partial charge in [0, 0.05) is 6.92 Å². The molecule has 4 nitrogen and oxygen atoms in total. The zero-order valence-electron chi connectivity index (χ0n) is 12.8. The van der Waals surface area contributed by atoms with E-state index in [0.29, 0.717) is 17.8 Å². The molecule has 22 heavy (non-hydrogen) atoms. The van der Waals surface area contributed by atoms with Gasteiger partial charge in [0.15, 0.2) is 0 Å². The Bertz CT molecular complexity index is 653. The Morgan fingerprint density at radius 2 is 1.45 bits per heavy atom. The molecule has 0 bridgehead atoms. The van der Waals surface area contributed by atoms with Gasteiger partial charge < -0.3 is 10.6 Å². The molecule has 0 saturated heterocycles. The Labute approximate surface area is 130 Å². The van der Waals surface area contributed by atoms with Gasteiger partial charge >= 0.3 is 0 Å². The van der Waals surface area contributed by atoms with Crippen LogP contribution in [0.3, 0.4) is 0 Å². The summed E-state index contributed by atoms with van der Waals surface area (Å²) in [6, 6.07) is 16.9. The molecule has 2 rings (SSSR count). The van der Waals surface area contributed by atoms with E-state index in [-0.39, 0.29) is 17.7 Å². The van der Waals surface area contributed by atoms with Crippen LogP contribution >= 0.6 is 0 Å². The fourth-order valence-electron chi connectivity index (χ4n) is 2.37. The summed E-state index contributed by atoms with van der Waals surface area (Å²) in [6.45, 7) is 3.42. The number of nitrogens with one attached hydrogen (secondary N) is 2. The average molecular weight is 296 g/mol. The smallest absolute Gasteiger partial charge is 0.231 e. The fraction of sp³-hybridized carbons (Fsp3) is 0.222. The van der Waals surface area contributed by atoms with Gasteiger partial charge in [-0.25, -0.2) is 0 Å². The average Bonchev–Trinajstić information content (AvgIpc) is 2.50. The van der Waals surface area contributed by atoms with Crippen LogP contribution in [-0.4, -0.2) is 11.8 Å². The molecule has 2 aromatic carbocycles. The van der Waals surface area contributed by atoms with Crippen molar-refractivity contribution >= 4 is 23.2 Å². The summed E-state index contributed by atoms with van der Waals surface area (Å²) >= 11 is 0. The number of hydrogen-bond acceptors (Lipinski definition) is 2. The fourth-order valence-corrected chi connectivity index (χ4v) is 2.37. The third-order valence-electron chi connectivity index (χ3n) is 3.42. The summed E-state index contributed by atoms with van der Waals surface area (Å²) in [7, 11) is 0. The summed E-state index contributed by atoms with van der Waals surface area (Å²) in [5, 5.41) is 5.63. The Kier molecular flexibility index (Phi) is 5.31. The molecule has 2 amide bonds. The monoisotopic (exact) mass is 296 g/mol. The van der Waals surface area contributed by atoms with E-state index < -0.39 is 0 Å². The zero-order valence-corrected chi connectivity index (χ0v) is 12.8. The van der Waals surface area contributed by atoms with E-state index in [9.17, 15) is 9.59 Å². The molecule has 0 aliphatic heterocycles. The summed E-state index contributed by atoms with van der Waals surface area (Å²) < 4.78 is 0. The van der Waals surface area contributed by atoms with Crippen molar-refractivity contribution in [3.05, 3.63) is 60.2 Å². The van der Waals surface area contributed by atoms with Crippen LogP contribution in [0.15, 0.2) is 54.6 Å². The molecule has 1 unspecified atom stereocenters. The van der Waals surface area contributed by atoms with Gasteiger partial charge in [0.05, 0.1) is 17.3 Å². The number of amides is 2. The van der Waals surface area contributed by atoms with Crippen molar-refractivity contribution in [2.24, 2.45) is 0 Å². The van der Waals surface area contributed by atoms with E-state index in [0.717, 1.165) is 5.56 Å². The first-order valence-electron chi connectivity index (χ1n) is 7.34. The maximum Gasteiger partial charge on any atom is 0.231 e. The van der Waals surface area contributed by atoms with E-state index in [1.807, 2.05) is 49.4 Å². The third kappa shape index (κ3) is 3.95. The van der Waals surface area contributed by atoms with Gasteiger partial charge in [0.25, 0.3) is 0 Å². The van der Waals surface area contributed by atoms with Crippen molar-refractivity contribution in [3.63, 3.8) is 0 Å². The molecule has 4 heteroatoms. The van der Waals surface area contributed by atoms with Gasteiger partial charge in [-0.3, -0.25) is 9.59 Å². The molecule has 0 spiro atoms. The van der Waals surface area contributed by atoms with Gasteiger partial charge in [0.1, 0.15) is 0 Å². The Balaban J connectivity index is 2.19. The van der Waals surface area contributed by atoms with Gasteiger partial charge in [-0.2, -0.15) is 0 Å². The molecule has 1 atom stereocenters. The highest BCUT2D eigenvalue weighted by Gasteiger charge is 2.19. The second kappa shape index (κ2) is 7.41. The van der Waals surface area contributed by atoms with E-state index in [4.69, 9.17) is 0 Å². The van der Waals surface area contributed by atoms with Crippen LogP contribution in [0, 0.1) is 0 Å². The number of benzene rings is 2. The minimum absolute atomic E-state index is 0.0773. The van der Waals surface area contributed by atoms with Crippen LogP contribution in [0.2, 0.25) is 0 Å². The lowest BCUT2D eigenvalue weighted by atomic mass is 9.95. The minimum atomic E-state index is -0.216. The quantitative estimate of drug-likeness (QED) is 0.882. The number of hydrogen-bond donors (Lipinski definition) is 2. The lowest BCUT2D eigenvalue weighted by Crippen LogP contribution is -2.21. The Hall–Kier alpha value is -2.62. The first kappa shape index (κ1) is 15.8. The van der Waals surface area contributed by atoms with Gasteiger partial charge in [0.2, 0.25) is 11.8 Å². The molecule has 0 fully saturated rings. The van der Waals surface area contributed by atoms with Crippen LogP contribution in [-0.2, 0) is 9.59 Å². The van der Waals surface area contributed by atoms with Crippen LogP contribution < -0.4 is 10.6 Å². The van der Waals surface area contributed by atoms with E-state index >= 15 is 0 Å². The second-order valence-corrected chi connectivity index (χ2v) is 5.09. The molecule has 0 radical (unpaired) electrons. The predicted molar refractivity (Wildman–Crippen MR) is 88.8 cm³/mol. The Morgan fingerprint density at radius 3 is 2.00 bits per heavy atom. The van der Waals surface area contributed by atoms with Crippen molar-refractivity contribution in [2.45, 2.75) is 26.2 Å². The standard InChI is InChI=1S/C18H20N2O2/c1-3-15(14-9-5-4-6-10-14)18(22)20-17-12-8-7-11-16(17)19-13(2)21/h4-12,15H,3H2,1-2H3,(H,19,21)(H,20,22). The number of rotatable bonds is 5. The molecule has 2 aromatic rings. The zero-order chi connectivity index (χ0) is 15.9. The normalized spacial score (nSPS) is 11.5. The number of anilines is 2. The second-order valence-electron chi connectivity index (χ2n) is 5.09. The lowest BCUT2D eigenvalue weighted by molar-refractivity contribution is -0.117. The predicted octanol–water partition coefficient (Wildman–Crippen LogP) is 3.78. The molecular formula is C18H20N2O2. The highest BCUT2D eigenvalue weighted by Crippen LogP contribution is 2.25. The van der Waals surface area contributed by atoms with Crippen LogP contribution in [0.1, 0.15) is 31.7 Å². The maximum absolute atomic E-state index is 12.6. The molecule has 2 N–H and O–H groups in total. The van der Waals surface area contributed by atoms with Crippen LogP contribution in [0.5, 0.6) is 0 Å². The molecule has 114 valence electrons. The Morgan fingerprint density at radius 1 is 0.909 bits per heavy atom. The lowest BCUT2D eigenvalue weighted by Gasteiger charge is -2.17. The van der Waals surface area contributed by atoms with Crippen molar-refractivity contribution in [3.8, 4) is 0 Å². The number of carbonyl (C=O) groups is 2. The molecule has 0 aromatic heterocycles. The van der Waals surface area contributed by atoms with Crippen molar-refractivity contribution < 1.29 is 9.59 Å². The minimum Gasteiger partial charge on any atom is -0.325 e. The van der Waals surface area contributed by atoms with Crippen LogP contribution in [0.4, 0.5) is 11.4 Å². The summed E-state index contributed by atoms with van der Waals surface area (Å²) in [5.74, 6) is -0.463. The maximum atomic E-state index is 12.6. The molecular weight excluding hydrogens is 276 g/mol. The topological polar surface area (TPSA) is 58.2 Å². The van der Waals surface area contributed by atoms with Gasteiger partial charge in [-0.1, -0.05) is 49.4 Å². The van der Waals surface area contributed by atoms with Crippen molar-refractivity contribution in [1.29, 1.82) is 0 Å². The highest BCUT2D eigenvalue weighted by molar-refractivity contribution is 6.01. The first-order valence-corrected chi connectivity index (χ1v) is 7.34. The van der Waals surface area contributed by atoms with E-state index in [1.165, 1.54) is 6.92 Å². The third-order valence-corrected chi connectivity index (χ3v) is 3.42. The molecule has 0 aliphatic carbocycles. The first-order chi connectivity index (χ1) is 10.6. The summed E-state index contributed by atoms with van der Waals surface area (Å²) in [6.07, 6.45) is 0.706. The summed E-state index contributed by atoms with van der Waals surface area (Å²) in [5.41, 5.74) is 2.20. The van der Waals surface area contributed by atoms with Crippen molar-refractivity contribution in [1.82, 2.24) is 0 Å². The van der Waals surface area contributed by atoms with Gasteiger partial charge in [-0.05, 0) is 24.1 Å². The molecule has 0 saturated carbocycles. The van der Waals surface area contributed by atoms with E-state index in [1.54, 1.807) is 12.1 Å². The SMILES string of the molecule is CCC(C(=O)Nc1ccccc1NC(C)=O)c1ccccc1.